The third-order valence-corrected chi connectivity index (χ3v) is 5.06. The lowest BCUT2D eigenvalue weighted by Crippen LogP contribution is -2.46. The fourth-order valence-electron chi connectivity index (χ4n) is 3.57. The minimum Gasteiger partial charge on any atom is -0.381 e. The number of nitrogens with zero attached hydrogens (tertiary/aromatic N) is 1. The van der Waals surface area contributed by atoms with Gasteiger partial charge < -0.3 is 15.0 Å². The lowest BCUT2D eigenvalue weighted by Gasteiger charge is -2.36. The monoisotopic (exact) mass is 348 g/mol. The van der Waals surface area contributed by atoms with Crippen LogP contribution in [0.3, 0.4) is 0 Å². The van der Waals surface area contributed by atoms with Crippen LogP contribution >= 0.6 is 0 Å². The topological polar surface area (TPSA) is 58.6 Å². The molecule has 1 N–H and O–H groups in total. The first-order valence-corrected chi connectivity index (χ1v) is 9.04. The third kappa shape index (κ3) is 4.78. The van der Waals surface area contributed by atoms with Gasteiger partial charge in [-0.1, -0.05) is 0 Å². The summed E-state index contributed by atoms with van der Waals surface area (Å²) >= 11 is 0. The first-order valence-electron chi connectivity index (χ1n) is 9.04. The number of hydrogen-bond acceptors (Lipinski definition) is 3. The van der Waals surface area contributed by atoms with Crippen molar-refractivity contribution in [1.29, 1.82) is 0 Å². The van der Waals surface area contributed by atoms with Crippen LogP contribution in [0.2, 0.25) is 0 Å². The molecule has 2 amide bonds. The van der Waals surface area contributed by atoms with Gasteiger partial charge in [-0.25, -0.2) is 4.39 Å². The number of rotatable bonds is 4. The molecule has 6 heteroatoms. The molecule has 0 unspecified atom stereocenters. The molecule has 3 rings (SSSR count). The molecular formula is C19H25FN2O3. The van der Waals surface area contributed by atoms with Gasteiger partial charge in [0.25, 0.3) is 5.91 Å². The van der Waals surface area contributed by atoms with E-state index in [1.807, 2.05) is 4.90 Å². The zero-order valence-electron chi connectivity index (χ0n) is 14.4. The van der Waals surface area contributed by atoms with Crippen molar-refractivity contribution in [3.05, 3.63) is 35.6 Å². The number of likely N-dealkylation sites (tertiary alicyclic amines) is 1. The first-order chi connectivity index (χ1) is 12.1. The molecule has 1 aromatic carbocycles. The normalized spacial score (nSPS) is 21.8. The van der Waals surface area contributed by atoms with E-state index in [9.17, 15) is 14.0 Å². The van der Waals surface area contributed by atoms with Crippen LogP contribution in [0.25, 0.3) is 0 Å². The quantitative estimate of drug-likeness (QED) is 0.908. The van der Waals surface area contributed by atoms with Crippen molar-refractivity contribution in [2.45, 2.75) is 25.7 Å². The summed E-state index contributed by atoms with van der Waals surface area (Å²) in [5.41, 5.74) is 0.451. The maximum absolute atomic E-state index is 12.9. The Morgan fingerprint density at radius 1 is 1.16 bits per heavy atom. The maximum atomic E-state index is 12.9. The van der Waals surface area contributed by atoms with Gasteiger partial charge in [-0.3, -0.25) is 9.59 Å². The summed E-state index contributed by atoms with van der Waals surface area (Å²) in [6, 6.07) is 5.52. The predicted octanol–water partition coefficient (Wildman–Crippen LogP) is 2.22. The number of halogens is 1. The van der Waals surface area contributed by atoms with Crippen molar-refractivity contribution in [2.75, 3.05) is 32.8 Å². The second-order valence-electron chi connectivity index (χ2n) is 6.90. The van der Waals surface area contributed by atoms with Crippen LogP contribution in [0.5, 0.6) is 0 Å². The second-order valence-corrected chi connectivity index (χ2v) is 6.90. The van der Waals surface area contributed by atoms with Crippen molar-refractivity contribution in [1.82, 2.24) is 10.2 Å². The van der Waals surface area contributed by atoms with Crippen molar-refractivity contribution in [2.24, 2.45) is 11.8 Å². The van der Waals surface area contributed by atoms with E-state index >= 15 is 0 Å². The molecule has 1 aromatic rings. The van der Waals surface area contributed by atoms with E-state index in [4.69, 9.17) is 4.74 Å². The van der Waals surface area contributed by atoms with Gasteiger partial charge in [-0.2, -0.15) is 0 Å². The van der Waals surface area contributed by atoms with E-state index in [0.717, 1.165) is 32.2 Å². The number of benzene rings is 1. The average Bonchev–Trinajstić information content (AvgIpc) is 2.67. The van der Waals surface area contributed by atoms with Crippen molar-refractivity contribution >= 4 is 11.8 Å². The lowest BCUT2D eigenvalue weighted by molar-refractivity contribution is -0.140. The molecule has 0 aliphatic carbocycles. The van der Waals surface area contributed by atoms with Crippen LogP contribution in [0.15, 0.2) is 24.3 Å². The molecule has 2 heterocycles. The molecule has 0 radical (unpaired) electrons. The highest BCUT2D eigenvalue weighted by atomic mass is 19.1. The molecule has 0 saturated carbocycles. The summed E-state index contributed by atoms with van der Waals surface area (Å²) in [5, 5.41) is 2.91. The zero-order valence-corrected chi connectivity index (χ0v) is 14.4. The van der Waals surface area contributed by atoms with Crippen molar-refractivity contribution in [3.63, 3.8) is 0 Å². The number of hydrogen-bond donors (Lipinski definition) is 1. The largest absolute Gasteiger partial charge is 0.381 e. The van der Waals surface area contributed by atoms with Crippen molar-refractivity contribution < 1.29 is 18.7 Å². The van der Waals surface area contributed by atoms with E-state index in [-0.39, 0.29) is 29.5 Å². The van der Waals surface area contributed by atoms with Gasteiger partial charge in [0, 0.05) is 44.3 Å². The van der Waals surface area contributed by atoms with E-state index in [2.05, 4.69) is 5.32 Å². The van der Waals surface area contributed by atoms with Crippen LogP contribution in [-0.4, -0.2) is 49.6 Å². The van der Waals surface area contributed by atoms with Gasteiger partial charge in [0.15, 0.2) is 0 Å². The number of ether oxygens (including phenoxy) is 1. The summed E-state index contributed by atoms with van der Waals surface area (Å²) < 4.78 is 18.3. The molecule has 2 fully saturated rings. The van der Waals surface area contributed by atoms with Crippen LogP contribution in [-0.2, 0) is 9.53 Å². The van der Waals surface area contributed by atoms with E-state index in [1.165, 1.54) is 24.3 Å². The number of carbonyl (C=O) groups excluding carboxylic acids is 2. The predicted molar refractivity (Wildman–Crippen MR) is 91.6 cm³/mol. The Bertz CT molecular complexity index is 599. The van der Waals surface area contributed by atoms with Gasteiger partial charge in [0.05, 0.1) is 0 Å². The van der Waals surface area contributed by atoms with Gasteiger partial charge in [-0.05, 0) is 55.9 Å². The fraction of sp³-hybridized carbons (Fsp3) is 0.579. The van der Waals surface area contributed by atoms with E-state index in [0.29, 0.717) is 31.9 Å². The Morgan fingerprint density at radius 2 is 1.88 bits per heavy atom. The van der Waals surface area contributed by atoms with Crippen LogP contribution in [0.4, 0.5) is 4.39 Å². The average molecular weight is 348 g/mol. The highest BCUT2D eigenvalue weighted by Crippen LogP contribution is 2.22. The number of nitrogens with one attached hydrogen (secondary N) is 1. The van der Waals surface area contributed by atoms with Crippen molar-refractivity contribution in [3.8, 4) is 0 Å². The first kappa shape index (κ1) is 17.9. The lowest BCUT2D eigenvalue weighted by atomic mass is 9.93. The summed E-state index contributed by atoms with van der Waals surface area (Å²) in [7, 11) is 0. The van der Waals surface area contributed by atoms with E-state index < -0.39 is 0 Å². The molecule has 25 heavy (non-hydrogen) atoms. The van der Waals surface area contributed by atoms with Crippen LogP contribution in [0, 0.1) is 17.7 Å². The smallest absolute Gasteiger partial charge is 0.251 e. The van der Waals surface area contributed by atoms with E-state index in [1.54, 1.807) is 0 Å². The third-order valence-electron chi connectivity index (χ3n) is 5.06. The molecule has 5 nitrogen and oxygen atoms in total. The number of amides is 2. The van der Waals surface area contributed by atoms with Gasteiger partial charge >= 0.3 is 0 Å². The highest BCUT2D eigenvalue weighted by Gasteiger charge is 2.30. The maximum Gasteiger partial charge on any atom is 0.251 e. The number of carbonyl (C=O) groups is 2. The molecule has 0 aromatic heterocycles. The number of piperidine rings is 1. The SMILES string of the molecule is O=C(NC[C@@H]1CCCN(C(=O)C2CCOCC2)C1)c1ccc(F)cc1. The molecule has 136 valence electrons. The summed E-state index contributed by atoms with van der Waals surface area (Å²) in [4.78, 5) is 26.7. The summed E-state index contributed by atoms with van der Waals surface area (Å²) in [6.07, 6.45) is 3.58. The van der Waals surface area contributed by atoms with Crippen LogP contribution in [0.1, 0.15) is 36.0 Å². The fourth-order valence-corrected chi connectivity index (χ4v) is 3.57. The Morgan fingerprint density at radius 3 is 2.60 bits per heavy atom. The highest BCUT2D eigenvalue weighted by molar-refractivity contribution is 5.94. The van der Waals surface area contributed by atoms with Gasteiger partial charge in [-0.15, -0.1) is 0 Å². The summed E-state index contributed by atoms with van der Waals surface area (Å²) in [6.45, 7) is 3.37. The van der Waals surface area contributed by atoms with Crippen LogP contribution < -0.4 is 5.32 Å². The summed E-state index contributed by atoms with van der Waals surface area (Å²) in [5.74, 6) is 0.0279. The Balaban J connectivity index is 1.48. The molecule has 2 aliphatic heterocycles. The second kappa shape index (κ2) is 8.43. The zero-order chi connectivity index (χ0) is 17.6. The molecule has 0 bridgehead atoms. The standard InChI is InChI=1S/C19H25FN2O3/c20-17-5-3-15(4-6-17)18(23)21-12-14-2-1-9-22(13-14)19(24)16-7-10-25-11-8-16/h3-6,14,16H,1-2,7-13H2,(H,21,23)/t14-/m0/s1. The Kier molecular flexibility index (Phi) is 6.02. The van der Waals surface area contributed by atoms with Gasteiger partial charge in [0.2, 0.25) is 5.91 Å². The minimum absolute atomic E-state index is 0.0845. The molecule has 1 atom stereocenters. The molecule has 2 aliphatic rings. The molecule has 2 saturated heterocycles. The molecule has 0 spiro atoms. The Labute approximate surface area is 147 Å². The Hall–Kier alpha value is -1.95. The molecular weight excluding hydrogens is 323 g/mol. The van der Waals surface area contributed by atoms with Gasteiger partial charge in [0.1, 0.15) is 5.82 Å². The minimum atomic E-state index is -0.355.